The summed E-state index contributed by atoms with van der Waals surface area (Å²) in [7, 11) is 0. The SMILES string of the molecule is CC(=O)NC(=Cc1ccccc1OCc1ccccc1Br)C(=O)O. The number of halogens is 1. The van der Waals surface area contributed by atoms with Crippen LogP contribution in [0.5, 0.6) is 5.75 Å². The number of carboxylic acid groups (broad SMARTS) is 1. The van der Waals surface area contributed by atoms with Crippen LogP contribution in [-0.2, 0) is 16.2 Å². The van der Waals surface area contributed by atoms with Gasteiger partial charge in [-0.25, -0.2) is 4.79 Å². The van der Waals surface area contributed by atoms with Crippen molar-refractivity contribution in [2.24, 2.45) is 0 Å². The van der Waals surface area contributed by atoms with Gasteiger partial charge in [0.05, 0.1) is 0 Å². The molecule has 0 saturated heterocycles. The molecule has 0 fully saturated rings. The average molecular weight is 390 g/mol. The van der Waals surface area contributed by atoms with Gasteiger partial charge in [0.1, 0.15) is 18.1 Å². The summed E-state index contributed by atoms with van der Waals surface area (Å²) < 4.78 is 6.74. The van der Waals surface area contributed by atoms with Gasteiger partial charge in [0.15, 0.2) is 0 Å². The first-order valence-corrected chi connectivity index (χ1v) is 7.94. The molecule has 6 heteroatoms. The van der Waals surface area contributed by atoms with Gasteiger partial charge >= 0.3 is 5.97 Å². The zero-order valence-corrected chi connectivity index (χ0v) is 14.5. The molecule has 2 aromatic rings. The Morgan fingerprint density at radius 3 is 2.50 bits per heavy atom. The van der Waals surface area contributed by atoms with Crippen LogP contribution in [0.3, 0.4) is 0 Å². The third-order valence-electron chi connectivity index (χ3n) is 3.10. The lowest BCUT2D eigenvalue weighted by Gasteiger charge is -2.11. The second-order valence-corrected chi connectivity index (χ2v) is 5.82. The predicted octanol–water partition coefficient (Wildman–Crippen LogP) is 3.59. The summed E-state index contributed by atoms with van der Waals surface area (Å²) in [6.07, 6.45) is 1.37. The number of amides is 1. The Labute approximate surface area is 148 Å². The lowest BCUT2D eigenvalue weighted by atomic mass is 10.1. The fourth-order valence-corrected chi connectivity index (χ4v) is 2.40. The minimum absolute atomic E-state index is 0.209. The van der Waals surface area contributed by atoms with Gasteiger partial charge in [-0.05, 0) is 18.2 Å². The molecule has 0 saturated carbocycles. The third-order valence-corrected chi connectivity index (χ3v) is 3.87. The van der Waals surface area contributed by atoms with E-state index in [1.165, 1.54) is 13.0 Å². The fraction of sp³-hybridized carbons (Fsp3) is 0.111. The Balaban J connectivity index is 2.25. The molecular weight excluding hydrogens is 374 g/mol. The molecule has 0 heterocycles. The number of carbonyl (C=O) groups excluding carboxylic acids is 1. The first-order valence-electron chi connectivity index (χ1n) is 7.15. The molecule has 2 N–H and O–H groups in total. The summed E-state index contributed by atoms with van der Waals surface area (Å²) in [5, 5.41) is 11.5. The van der Waals surface area contributed by atoms with Gasteiger partial charge in [-0.15, -0.1) is 0 Å². The van der Waals surface area contributed by atoms with E-state index in [0.717, 1.165) is 10.0 Å². The number of benzene rings is 2. The van der Waals surface area contributed by atoms with E-state index in [4.69, 9.17) is 4.74 Å². The van der Waals surface area contributed by atoms with Crippen molar-refractivity contribution < 1.29 is 19.4 Å². The Morgan fingerprint density at radius 2 is 1.83 bits per heavy atom. The maximum atomic E-state index is 11.2. The smallest absolute Gasteiger partial charge is 0.352 e. The van der Waals surface area contributed by atoms with Crippen LogP contribution in [-0.4, -0.2) is 17.0 Å². The second-order valence-electron chi connectivity index (χ2n) is 4.96. The van der Waals surface area contributed by atoms with Gasteiger partial charge in [-0.1, -0.05) is 52.3 Å². The van der Waals surface area contributed by atoms with Crippen LogP contribution >= 0.6 is 15.9 Å². The Kier molecular flexibility index (Phi) is 6.14. The first-order chi connectivity index (χ1) is 11.5. The number of carbonyl (C=O) groups is 2. The summed E-state index contributed by atoms with van der Waals surface area (Å²) in [5.41, 5.74) is 1.33. The molecule has 0 aliphatic carbocycles. The van der Waals surface area contributed by atoms with Crippen LogP contribution in [0.4, 0.5) is 0 Å². The number of hydrogen-bond donors (Lipinski definition) is 2. The van der Waals surface area contributed by atoms with E-state index in [0.29, 0.717) is 17.9 Å². The summed E-state index contributed by atoms with van der Waals surface area (Å²) in [6.45, 7) is 1.58. The quantitative estimate of drug-likeness (QED) is 0.740. The third kappa shape index (κ3) is 4.96. The zero-order valence-electron chi connectivity index (χ0n) is 13.0. The number of hydrogen-bond acceptors (Lipinski definition) is 3. The minimum Gasteiger partial charge on any atom is -0.488 e. The summed E-state index contributed by atoms with van der Waals surface area (Å²) in [5.74, 6) is -1.14. The molecule has 5 nitrogen and oxygen atoms in total. The molecular formula is C18H16BrNO4. The van der Waals surface area contributed by atoms with Crippen LogP contribution in [0.1, 0.15) is 18.1 Å². The standard InChI is InChI=1S/C18H16BrNO4/c1-12(21)20-16(18(22)23)10-13-6-3-5-9-17(13)24-11-14-7-2-4-8-15(14)19/h2-10H,11H2,1H3,(H,20,21)(H,22,23). The molecule has 1 amide bonds. The average Bonchev–Trinajstić information content (AvgIpc) is 2.54. The molecule has 0 aromatic heterocycles. The molecule has 124 valence electrons. The number of aliphatic carboxylic acids is 1. The number of ether oxygens (including phenoxy) is 1. The highest BCUT2D eigenvalue weighted by Crippen LogP contribution is 2.24. The summed E-state index contributed by atoms with van der Waals surface area (Å²) in [4.78, 5) is 22.4. The van der Waals surface area contributed by atoms with Crippen molar-refractivity contribution in [2.45, 2.75) is 13.5 Å². The van der Waals surface area contributed by atoms with E-state index < -0.39 is 11.9 Å². The summed E-state index contributed by atoms with van der Waals surface area (Å²) >= 11 is 3.46. The van der Waals surface area contributed by atoms with Gasteiger partial charge in [-0.3, -0.25) is 4.79 Å². The lowest BCUT2D eigenvalue weighted by molar-refractivity contribution is -0.134. The van der Waals surface area contributed by atoms with Crippen LogP contribution in [0, 0.1) is 0 Å². The van der Waals surface area contributed by atoms with Crippen LogP contribution in [0.15, 0.2) is 58.7 Å². The van der Waals surface area contributed by atoms with Crippen molar-refractivity contribution in [1.29, 1.82) is 0 Å². The van der Waals surface area contributed by atoms with Crippen molar-refractivity contribution in [3.63, 3.8) is 0 Å². The van der Waals surface area contributed by atoms with E-state index in [-0.39, 0.29) is 5.70 Å². The fourth-order valence-electron chi connectivity index (χ4n) is 2.00. The number of rotatable bonds is 6. The number of nitrogens with one attached hydrogen (secondary N) is 1. The van der Waals surface area contributed by atoms with Gasteiger partial charge < -0.3 is 15.2 Å². The van der Waals surface area contributed by atoms with Crippen molar-refractivity contribution in [3.05, 3.63) is 69.8 Å². The molecule has 0 aliphatic heterocycles. The minimum atomic E-state index is -1.22. The normalized spacial score (nSPS) is 11.0. The highest BCUT2D eigenvalue weighted by molar-refractivity contribution is 9.10. The molecule has 24 heavy (non-hydrogen) atoms. The number of carboxylic acids is 1. The van der Waals surface area contributed by atoms with E-state index >= 15 is 0 Å². The van der Waals surface area contributed by atoms with Gasteiger partial charge in [-0.2, -0.15) is 0 Å². The van der Waals surface area contributed by atoms with Gasteiger partial charge in [0.25, 0.3) is 0 Å². The topological polar surface area (TPSA) is 75.6 Å². The van der Waals surface area contributed by atoms with Crippen molar-refractivity contribution in [2.75, 3.05) is 0 Å². The maximum absolute atomic E-state index is 11.2. The molecule has 0 unspecified atom stereocenters. The molecule has 2 aromatic carbocycles. The summed E-state index contributed by atoms with van der Waals surface area (Å²) in [6, 6.07) is 14.7. The van der Waals surface area contributed by atoms with Crippen molar-refractivity contribution in [1.82, 2.24) is 5.32 Å². The van der Waals surface area contributed by atoms with E-state index in [2.05, 4.69) is 21.2 Å². The molecule has 0 atom stereocenters. The Morgan fingerprint density at radius 1 is 1.17 bits per heavy atom. The Bertz CT molecular complexity index is 786. The molecule has 0 aliphatic rings. The van der Waals surface area contributed by atoms with Gasteiger partial charge in [0.2, 0.25) is 5.91 Å². The second kappa shape index (κ2) is 8.31. The van der Waals surface area contributed by atoms with Crippen molar-refractivity contribution >= 4 is 33.9 Å². The maximum Gasteiger partial charge on any atom is 0.352 e. The first kappa shape index (κ1) is 17.7. The monoisotopic (exact) mass is 389 g/mol. The lowest BCUT2D eigenvalue weighted by Crippen LogP contribution is -2.24. The molecule has 0 radical (unpaired) electrons. The van der Waals surface area contributed by atoms with Crippen molar-refractivity contribution in [3.8, 4) is 5.75 Å². The highest BCUT2D eigenvalue weighted by atomic mass is 79.9. The molecule has 0 bridgehead atoms. The van der Waals surface area contributed by atoms with Gasteiger partial charge in [0, 0.05) is 22.5 Å². The van der Waals surface area contributed by atoms with Crippen LogP contribution in [0.2, 0.25) is 0 Å². The molecule has 0 spiro atoms. The largest absolute Gasteiger partial charge is 0.488 e. The highest BCUT2D eigenvalue weighted by Gasteiger charge is 2.11. The van der Waals surface area contributed by atoms with Crippen LogP contribution < -0.4 is 10.1 Å². The van der Waals surface area contributed by atoms with Crippen LogP contribution in [0.25, 0.3) is 6.08 Å². The predicted molar refractivity (Wildman–Crippen MR) is 94.3 cm³/mol. The van der Waals surface area contributed by atoms with E-state index in [1.54, 1.807) is 24.3 Å². The Hall–Kier alpha value is -2.60. The van der Waals surface area contributed by atoms with E-state index in [9.17, 15) is 14.7 Å². The number of para-hydroxylation sites is 1. The molecule has 2 rings (SSSR count). The zero-order chi connectivity index (χ0) is 17.5. The van der Waals surface area contributed by atoms with E-state index in [1.807, 2.05) is 24.3 Å².